The first kappa shape index (κ1) is 24.5. The number of carbonyl (C=O) groups is 1. The van der Waals surface area contributed by atoms with Gasteiger partial charge in [0.2, 0.25) is 5.91 Å². The smallest absolute Gasteiger partial charge is 0.234 e. The Kier molecular flexibility index (Phi) is 7.82. The van der Waals surface area contributed by atoms with Crippen molar-refractivity contribution in [3.8, 4) is 11.4 Å². The third-order valence-electron chi connectivity index (χ3n) is 5.37. The fourth-order valence-corrected chi connectivity index (χ4v) is 4.28. The number of benzene rings is 3. The summed E-state index contributed by atoms with van der Waals surface area (Å²) in [5, 5.41) is 12.1. The minimum absolute atomic E-state index is 0.139. The lowest BCUT2D eigenvalue weighted by molar-refractivity contribution is -0.113. The topological polar surface area (TPSA) is 69.0 Å². The van der Waals surface area contributed by atoms with Gasteiger partial charge in [0, 0.05) is 11.4 Å². The van der Waals surface area contributed by atoms with Crippen LogP contribution < -0.4 is 10.1 Å². The maximum absolute atomic E-state index is 14.1. The molecule has 3 aromatic carbocycles. The molecule has 0 saturated heterocycles. The molecule has 1 heterocycles. The van der Waals surface area contributed by atoms with Crippen LogP contribution in [0.25, 0.3) is 5.69 Å². The Hall–Kier alpha value is -3.65. The maximum atomic E-state index is 14.1. The number of carbonyl (C=O) groups excluding carboxylic acids is 1. The molecule has 0 bridgehead atoms. The molecule has 6 nitrogen and oxygen atoms in total. The van der Waals surface area contributed by atoms with E-state index >= 15 is 0 Å². The molecular formula is C27H27FN4O2S. The summed E-state index contributed by atoms with van der Waals surface area (Å²) in [5.41, 5.74) is 2.79. The molecule has 35 heavy (non-hydrogen) atoms. The van der Waals surface area contributed by atoms with E-state index in [0.717, 1.165) is 11.4 Å². The van der Waals surface area contributed by atoms with Crippen LogP contribution in [-0.2, 0) is 4.79 Å². The van der Waals surface area contributed by atoms with E-state index in [4.69, 9.17) is 4.74 Å². The molecular weight excluding hydrogens is 463 g/mol. The molecule has 4 aromatic rings. The summed E-state index contributed by atoms with van der Waals surface area (Å²) >= 11 is 1.27. The molecule has 0 aliphatic rings. The summed E-state index contributed by atoms with van der Waals surface area (Å²) in [7, 11) is 0. The Morgan fingerprint density at radius 2 is 1.66 bits per heavy atom. The Balaban J connectivity index is 1.51. The predicted octanol–water partition coefficient (Wildman–Crippen LogP) is 6.40. The van der Waals surface area contributed by atoms with Crippen molar-refractivity contribution in [2.24, 2.45) is 0 Å². The summed E-state index contributed by atoms with van der Waals surface area (Å²) in [4.78, 5) is 12.6. The highest BCUT2D eigenvalue weighted by Crippen LogP contribution is 2.29. The zero-order valence-corrected chi connectivity index (χ0v) is 20.6. The molecule has 4 rings (SSSR count). The van der Waals surface area contributed by atoms with Gasteiger partial charge < -0.3 is 10.1 Å². The van der Waals surface area contributed by atoms with Gasteiger partial charge in [0.15, 0.2) is 28.7 Å². The van der Waals surface area contributed by atoms with Gasteiger partial charge in [0.1, 0.15) is 0 Å². The van der Waals surface area contributed by atoms with Crippen molar-refractivity contribution >= 4 is 23.4 Å². The van der Waals surface area contributed by atoms with Crippen LogP contribution in [0.3, 0.4) is 0 Å². The van der Waals surface area contributed by atoms with Crippen LogP contribution in [0.2, 0.25) is 0 Å². The van der Waals surface area contributed by atoms with Gasteiger partial charge in [-0.15, -0.1) is 10.2 Å². The Labute approximate surface area is 208 Å². The standard InChI is InChI=1S/C27H27FN4O2S/c1-18(2)20-13-15-21(16-14-20)29-25(33)17-35-27-31-30-26(32(27)22-9-5-4-6-10-22)19(3)34-24-12-8-7-11-23(24)28/h4-16,18-19H,17H2,1-3H3,(H,29,33). The van der Waals surface area contributed by atoms with E-state index in [-0.39, 0.29) is 17.4 Å². The molecule has 0 spiro atoms. The summed E-state index contributed by atoms with van der Waals surface area (Å²) in [6, 6.07) is 23.7. The molecule has 0 saturated carbocycles. The number of thioether (sulfide) groups is 1. The van der Waals surface area contributed by atoms with Crippen LogP contribution in [0, 0.1) is 5.82 Å². The molecule has 8 heteroatoms. The second kappa shape index (κ2) is 11.2. The quantitative estimate of drug-likeness (QED) is 0.275. The summed E-state index contributed by atoms with van der Waals surface area (Å²) < 4.78 is 21.8. The Bertz CT molecular complexity index is 1280. The number of ether oxygens (including phenoxy) is 1. The zero-order valence-electron chi connectivity index (χ0n) is 19.8. The van der Waals surface area contributed by atoms with Crippen molar-refractivity contribution in [3.63, 3.8) is 0 Å². The van der Waals surface area contributed by atoms with Crippen molar-refractivity contribution in [2.75, 3.05) is 11.1 Å². The van der Waals surface area contributed by atoms with Gasteiger partial charge >= 0.3 is 0 Å². The molecule has 0 aliphatic carbocycles. The van der Waals surface area contributed by atoms with Crippen LogP contribution in [0.15, 0.2) is 84.0 Å². The fraction of sp³-hybridized carbons (Fsp3) is 0.222. The minimum atomic E-state index is -0.581. The van der Waals surface area contributed by atoms with Gasteiger partial charge in [-0.05, 0) is 54.8 Å². The van der Waals surface area contributed by atoms with Crippen molar-refractivity contribution in [3.05, 3.63) is 96.1 Å². The molecule has 1 N–H and O–H groups in total. The summed E-state index contributed by atoms with van der Waals surface area (Å²) in [5.74, 6) is 0.634. The van der Waals surface area contributed by atoms with Crippen molar-refractivity contribution in [1.82, 2.24) is 14.8 Å². The molecule has 1 aromatic heterocycles. The van der Waals surface area contributed by atoms with Gasteiger partial charge in [0.05, 0.1) is 5.75 Å². The highest BCUT2D eigenvalue weighted by Gasteiger charge is 2.22. The van der Waals surface area contributed by atoms with Gasteiger partial charge in [-0.3, -0.25) is 9.36 Å². The maximum Gasteiger partial charge on any atom is 0.234 e. The number of amides is 1. The molecule has 0 fully saturated rings. The van der Waals surface area contributed by atoms with Crippen LogP contribution in [0.5, 0.6) is 5.75 Å². The third kappa shape index (κ3) is 6.08. The van der Waals surface area contributed by atoms with Crippen LogP contribution in [-0.4, -0.2) is 26.4 Å². The average Bonchev–Trinajstić information content (AvgIpc) is 3.29. The second-order valence-electron chi connectivity index (χ2n) is 8.32. The van der Waals surface area contributed by atoms with E-state index < -0.39 is 11.9 Å². The number of hydrogen-bond acceptors (Lipinski definition) is 5. The van der Waals surface area contributed by atoms with Crippen LogP contribution in [0.1, 0.15) is 44.2 Å². The van der Waals surface area contributed by atoms with Gasteiger partial charge in [0.25, 0.3) is 0 Å². The SMILES string of the molecule is CC(C)c1ccc(NC(=O)CSc2nnc(C(C)Oc3ccccc3F)n2-c2ccccc2)cc1. The molecule has 1 atom stereocenters. The first-order valence-corrected chi connectivity index (χ1v) is 12.4. The number of halogens is 1. The number of aromatic nitrogens is 3. The van der Waals surface area contributed by atoms with Crippen LogP contribution in [0.4, 0.5) is 10.1 Å². The monoisotopic (exact) mass is 490 g/mol. The molecule has 180 valence electrons. The molecule has 1 amide bonds. The first-order chi connectivity index (χ1) is 16.9. The highest BCUT2D eigenvalue weighted by atomic mass is 32.2. The fourth-order valence-electron chi connectivity index (χ4n) is 3.52. The Morgan fingerprint density at radius 1 is 0.971 bits per heavy atom. The first-order valence-electron chi connectivity index (χ1n) is 11.4. The number of anilines is 1. The largest absolute Gasteiger partial charge is 0.480 e. The van der Waals surface area contributed by atoms with E-state index in [1.54, 1.807) is 25.1 Å². The van der Waals surface area contributed by atoms with E-state index in [0.29, 0.717) is 16.9 Å². The lowest BCUT2D eigenvalue weighted by Crippen LogP contribution is -2.15. The lowest BCUT2D eigenvalue weighted by Gasteiger charge is -2.17. The second-order valence-corrected chi connectivity index (χ2v) is 9.26. The van der Waals surface area contributed by atoms with Crippen molar-refractivity contribution in [1.29, 1.82) is 0 Å². The summed E-state index contributed by atoms with van der Waals surface area (Å²) in [6.45, 7) is 6.05. The number of nitrogens with zero attached hydrogens (tertiary/aromatic N) is 3. The normalized spacial score (nSPS) is 11.9. The van der Waals surface area contributed by atoms with E-state index in [1.807, 2.05) is 59.2 Å². The number of nitrogens with one attached hydrogen (secondary N) is 1. The lowest BCUT2D eigenvalue weighted by atomic mass is 10.0. The summed E-state index contributed by atoms with van der Waals surface area (Å²) in [6.07, 6.45) is -0.581. The van der Waals surface area contributed by atoms with E-state index in [2.05, 4.69) is 29.4 Å². The zero-order chi connectivity index (χ0) is 24.8. The number of rotatable bonds is 9. The minimum Gasteiger partial charge on any atom is -0.480 e. The molecule has 0 aliphatic heterocycles. The Morgan fingerprint density at radius 3 is 2.34 bits per heavy atom. The third-order valence-corrected chi connectivity index (χ3v) is 6.30. The average molecular weight is 491 g/mol. The van der Waals surface area contributed by atoms with Gasteiger partial charge in [-0.2, -0.15) is 0 Å². The predicted molar refractivity (Wildman–Crippen MR) is 137 cm³/mol. The van der Waals surface area contributed by atoms with E-state index in [1.165, 1.54) is 23.4 Å². The molecule has 1 unspecified atom stereocenters. The van der Waals surface area contributed by atoms with Crippen molar-refractivity contribution < 1.29 is 13.9 Å². The van der Waals surface area contributed by atoms with E-state index in [9.17, 15) is 9.18 Å². The van der Waals surface area contributed by atoms with Crippen molar-refractivity contribution in [2.45, 2.75) is 37.9 Å². The number of hydrogen-bond donors (Lipinski definition) is 1. The number of para-hydroxylation sites is 2. The highest BCUT2D eigenvalue weighted by molar-refractivity contribution is 7.99. The molecule has 0 radical (unpaired) electrons. The van der Waals surface area contributed by atoms with Gasteiger partial charge in [-0.1, -0.05) is 68.1 Å². The van der Waals surface area contributed by atoms with Gasteiger partial charge in [-0.25, -0.2) is 4.39 Å². The van der Waals surface area contributed by atoms with Crippen LogP contribution >= 0.6 is 11.8 Å².